The minimum Gasteiger partial charge on any atom is -0.358 e. The lowest BCUT2D eigenvalue weighted by atomic mass is 10.5. The first kappa shape index (κ1) is 8.07. The molecule has 1 rings (SSSR count). The van der Waals surface area contributed by atoms with Crippen LogP contribution in [0.4, 0.5) is 5.82 Å². The van der Waals surface area contributed by atoms with Crippen LogP contribution in [-0.4, -0.2) is 9.49 Å². The molecule has 5 heteroatoms. The molecular formula is C6H7ClN2O2. The summed E-state index contributed by atoms with van der Waals surface area (Å²) in [4.78, 5) is 9.86. The number of rotatable bonds is 2. The van der Waals surface area contributed by atoms with Crippen LogP contribution >= 0.6 is 11.6 Å². The van der Waals surface area contributed by atoms with E-state index in [1.165, 1.54) is 10.6 Å². The average Bonchev–Trinajstić information content (AvgIpc) is 2.30. The molecule has 1 aromatic rings. The van der Waals surface area contributed by atoms with E-state index < -0.39 is 4.92 Å². The summed E-state index contributed by atoms with van der Waals surface area (Å²) < 4.78 is 1.47. The molecule has 0 aromatic carbocycles. The monoisotopic (exact) mass is 174 g/mol. The standard InChI is InChI=1S/C6H7ClN2O2/c1-8-5(4-7)2-3-6(8)9(10)11/h2-3H,4H2,1H3. The van der Waals surface area contributed by atoms with E-state index in [-0.39, 0.29) is 5.82 Å². The van der Waals surface area contributed by atoms with Crippen molar-refractivity contribution >= 4 is 17.4 Å². The van der Waals surface area contributed by atoms with Gasteiger partial charge in [-0.15, -0.1) is 11.6 Å². The smallest absolute Gasteiger partial charge is 0.323 e. The van der Waals surface area contributed by atoms with Crippen molar-refractivity contribution < 1.29 is 4.92 Å². The summed E-state index contributed by atoms with van der Waals surface area (Å²) in [6.07, 6.45) is 0. The topological polar surface area (TPSA) is 48.1 Å². The number of alkyl halides is 1. The quantitative estimate of drug-likeness (QED) is 0.389. The minimum absolute atomic E-state index is 0.0700. The predicted molar refractivity (Wildman–Crippen MR) is 41.6 cm³/mol. The zero-order valence-corrected chi connectivity index (χ0v) is 6.71. The molecule has 0 spiro atoms. The molecule has 0 radical (unpaired) electrons. The number of nitro groups is 1. The van der Waals surface area contributed by atoms with Crippen LogP contribution in [0.2, 0.25) is 0 Å². The Morgan fingerprint density at radius 1 is 1.73 bits per heavy atom. The molecule has 0 aliphatic heterocycles. The van der Waals surface area contributed by atoms with Crippen LogP contribution in [0.5, 0.6) is 0 Å². The Morgan fingerprint density at radius 3 is 2.64 bits per heavy atom. The van der Waals surface area contributed by atoms with Gasteiger partial charge < -0.3 is 10.1 Å². The fourth-order valence-corrected chi connectivity index (χ4v) is 1.13. The van der Waals surface area contributed by atoms with Crippen LogP contribution < -0.4 is 0 Å². The average molecular weight is 175 g/mol. The summed E-state index contributed by atoms with van der Waals surface area (Å²) in [7, 11) is 1.62. The van der Waals surface area contributed by atoms with E-state index in [0.29, 0.717) is 5.88 Å². The lowest BCUT2D eigenvalue weighted by Gasteiger charge is -1.95. The molecule has 0 unspecified atom stereocenters. The van der Waals surface area contributed by atoms with Crippen molar-refractivity contribution in [2.24, 2.45) is 7.05 Å². The van der Waals surface area contributed by atoms with Gasteiger partial charge in [0.1, 0.15) is 5.69 Å². The Labute approximate surface area is 68.5 Å². The van der Waals surface area contributed by atoms with Crippen LogP contribution in [0.15, 0.2) is 12.1 Å². The summed E-state index contributed by atoms with van der Waals surface area (Å²) >= 11 is 5.51. The maximum absolute atomic E-state index is 10.3. The van der Waals surface area contributed by atoms with Crippen LogP contribution in [0, 0.1) is 10.1 Å². The summed E-state index contributed by atoms with van der Waals surface area (Å²) in [5, 5.41) is 10.3. The molecule has 11 heavy (non-hydrogen) atoms. The van der Waals surface area contributed by atoms with E-state index in [9.17, 15) is 10.1 Å². The first-order valence-corrected chi connectivity index (χ1v) is 3.55. The lowest BCUT2D eigenvalue weighted by molar-refractivity contribution is -0.391. The molecule has 0 aliphatic carbocycles. The highest BCUT2D eigenvalue weighted by atomic mass is 35.5. The first-order chi connectivity index (χ1) is 5.16. The third-order valence-corrected chi connectivity index (χ3v) is 1.80. The van der Waals surface area contributed by atoms with Crippen molar-refractivity contribution in [1.82, 2.24) is 4.57 Å². The van der Waals surface area contributed by atoms with Gasteiger partial charge in [-0.1, -0.05) is 0 Å². The molecule has 0 fully saturated rings. The fraction of sp³-hybridized carbons (Fsp3) is 0.333. The fourth-order valence-electron chi connectivity index (χ4n) is 0.859. The zero-order chi connectivity index (χ0) is 8.43. The van der Waals surface area contributed by atoms with Crippen molar-refractivity contribution in [1.29, 1.82) is 0 Å². The van der Waals surface area contributed by atoms with Gasteiger partial charge in [0.05, 0.1) is 12.9 Å². The molecule has 0 saturated carbocycles. The zero-order valence-electron chi connectivity index (χ0n) is 5.95. The Morgan fingerprint density at radius 2 is 2.36 bits per heavy atom. The molecule has 0 N–H and O–H groups in total. The second-order valence-corrected chi connectivity index (χ2v) is 2.40. The van der Waals surface area contributed by atoms with Gasteiger partial charge in [0.25, 0.3) is 0 Å². The molecule has 0 amide bonds. The van der Waals surface area contributed by atoms with Crippen molar-refractivity contribution in [3.63, 3.8) is 0 Å². The first-order valence-electron chi connectivity index (χ1n) is 3.01. The summed E-state index contributed by atoms with van der Waals surface area (Å²) in [5.41, 5.74) is 0.748. The SMILES string of the molecule is Cn1c(CCl)ccc1[N+](=O)[O-]. The van der Waals surface area contributed by atoms with Gasteiger partial charge in [-0.05, 0) is 11.0 Å². The second kappa shape index (κ2) is 2.92. The van der Waals surface area contributed by atoms with Gasteiger partial charge >= 0.3 is 5.82 Å². The van der Waals surface area contributed by atoms with Gasteiger partial charge in [0.15, 0.2) is 0 Å². The van der Waals surface area contributed by atoms with Crippen molar-refractivity contribution in [3.8, 4) is 0 Å². The molecule has 4 nitrogen and oxygen atoms in total. The van der Waals surface area contributed by atoms with E-state index in [1.807, 2.05) is 0 Å². The number of hydrogen-bond donors (Lipinski definition) is 0. The third kappa shape index (κ3) is 1.35. The Kier molecular flexibility index (Phi) is 2.14. The summed E-state index contributed by atoms with van der Waals surface area (Å²) in [6.45, 7) is 0. The predicted octanol–water partition coefficient (Wildman–Crippen LogP) is 1.67. The second-order valence-electron chi connectivity index (χ2n) is 2.13. The van der Waals surface area contributed by atoms with E-state index in [2.05, 4.69) is 0 Å². The molecule has 0 bridgehead atoms. The van der Waals surface area contributed by atoms with Gasteiger partial charge in [0, 0.05) is 6.07 Å². The van der Waals surface area contributed by atoms with E-state index in [1.54, 1.807) is 13.1 Å². The Bertz CT molecular complexity index is 282. The Hall–Kier alpha value is -1.03. The molecule has 0 aliphatic rings. The van der Waals surface area contributed by atoms with Crippen LogP contribution in [-0.2, 0) is 12.9 Å². The van der Waals surface area contributed by atoms with Gasteiger partial charge in [0.2, 0.25) is 0 Å². The van der Waals surface area contributed by atoms with Crippen LogP contribution in [0.3, 0.4) is 0 Å². The van der Waals surface area contributed by atoms with Crippen molar-refractivity contribution in [2.45, 2.75) is 5.88 Å². The number of aromatic nitrogens is 1. The maximum Gasteiger partial charge on any atom is 0.323 e. The third-order valence-electron chi connectivity index (χ3n) is 1.52. The van der Waals surface area contributed by atoms with Crippen LogP contribution in [0.1, 0.15) is 5.69 Å². The minimum atomic E-state index is -0.434. The van der Waals surface area contributed by atoms with Crippen molar-refractivity contribution in [3.05, 3.63) is 27.9 Å². The molecule has 0 saturated heterocycles. The lowest BCUT2D eigenvalue weighted by Crippen LogP contribution is -1.99. The van der Waals surface area contributed by atoms with Gasteiger partial charge in [-0.2, -0.15) is 0 Å². The summed E-state index contributed by atoms with van der Waals surface area (Å²) in [6, 6.07) is 3.09. The molecule has 0 atom stereocenters. The van der Waals surface area contributed by atoms with E-state index in [0.717, 1.165) is 5.69 Å². The molecule has 1 heterocycles. The normalized spacial score (nSPS) is 10.0. The Balaban J connectivity index is 3.10. The maximum atomic E-state index is 10.3. The van der Waals surface area contributed by atoms with E-state index in [4.69, 9.17) is 11.6 Å². The molecule has 1 aromatic heterocycles. The van der Waals surface area contributed by atoms with Gasteiger partial charge in [-0.25, -0.2) is 4.57 Å². The largest absolute Gasteiger partial charge is 0.358 e. The highest BCUT2D eigenvalue weighted by Crippen LogP contribution is 2.15. The number of hydrogen-bond acceptors (Lipinski definition) is 2. The van der Waals surface area contributed by atoms with Crippen molar-refractivity contribution in [2.75, 3.05) is 0 Å². The highest BCUT2D eigenvalue weighted by molar-refractivity contribution is 6.16. The molecular weight excluding hydrogens is 168 g/mol. The summed E-state index contributed by atoms with van der Waals surface area (Å²) in [5.74, 6) is 0.366. The van der Waals surface area contributed by atoms with E-state index >= 15 is 0 Å². The highest BCUT2D eigenvalue weighted by Gasteiger charge is 2.12. The number of halogens is 1. The number of nitrogens with zero attached hydrogens (tertiary/aromatic N) is 2. The van der Waals surface area contributed by atoms with Gasteiger partial charge in [-0.3, -0.25) is 0 Å². The molecule has 60 valence electrons. The van der Waals surface area contributed by atoms with Crippen LogP contribution in [0.25, 0.3) is 0 Å².